The monoisotopic (exact) mass is 640 g/mol. The van der Waals surface area contributed by atoms with E-state index in [1.54, 1.807) is 12.1 Å². The Kier molecular flexibility index (Phi) is 9.54. The van der Waals surface area contributed by atoms with Gasteiger partial charge in [0.15, 0.2) is 10.9 Å². The maximum atomic E-state index is 13.8. The summed E-state index contributed by atoms with van der Waals surface area (Å²) in [6, 6.07) is 18.4. The fraction of sp³-hybridized carbons (Fsp3) is 0.375. The molecule has 0 saturated carbocycles. The van der Waals surface area contributed by atoms with Crippen molar-refractivity contribution in [2.24, 2.45) is 0 Å². The molecule has 12 heteroatoms. The minimum atomic E-state index is -3.99. The molecule has 234 valence electrons. The number of nitrogens with zero attached hydrogens (tertiary/aromatic N) is 2. The van der Waals surface area contributed by atoms with Crippen molar-refractivity contribution in [3.63, 3.8) is 0 Å². The Bertz CT molecular complexity index is 2030. The molecule has 0 bridgehead atoms. The first-order valence-corrected chi connectivity index (χ1v) is 18.1. The fourth-order valence-electron chi connectivity index (χ4n) is 6.04. The number of pyridine rings is 2. The number of hydrogen-bond donors (Lipinski definition) is 2. The van der Waals surface area contributed by atoms with Gasteiger partial charge in [0.05, 0.1) is 33.6 Å². The molecular weight excluding hydrogens is 604 g/mol. The molecule has 2 heterocycles. The highest BCUT2D eigenvalue weighted by molar-refractivity contribution is 7.86. The van der Waals surface area contributed by atoms with Gasteiger partial charge in [-0.3, -0.25) is 18.7 Å². The number of aromatic nitrogens is 2. The first kappa shape index (κ1) is 31.8. The van der Waals surface area contributed by atoms with Gasteiger partial charge in [-0.25, -0.2) is 0 Å². The molecule has 0 saturated heterocycles. The molecule has 0 atom stereocenters. The van der Waals surface area contributed by atoms with Crippen LogP contribution >= 0.6 is 0 Å². The predicted molar refractivity (Wildman–Crippen MR) is 175 cm³/mol. The van der Waals surface area contributed by atoms with Gasteiger partial charge in [0, 0.05) is 34.6 Å². The number of rotatable bonds is 14. The Morgan fingerprint density at radius 2 is 0.841 bits per heavy atom. The second kappa shape index (κ2) is 13.2. The molecule has 3 aromatic carbocycles. The maximum Gasteiger partial charge on any atom is 0.264 e. The van der Waals surface area contributed by atoms with Gasteiger partial charge in [-0.2, -0.15) is 16.8 Å². The average Bonchev–Trinajstić information content (AvgIpc) is 2.98. The Morgan fingerprint density at radius 1 is 0.477 bits per heavy atom. The zero-order chi connectivity index (χ0) is 31.5. The van der Waals surface area contributed by atoms with Gasteiger partial charge in [0.1, 0.15) is 0 Å². The number of para-hydroxylation sites is 2. The van der Waals surface area contributed by atoms with Crippen molar-refractivity contribution in [1.82, 2.24) is 9.13 Å². The summed E-state index contributed by atoms with van der Waals surface area (Å²) >= 11 is 0. The summed E-state index contributed by atoms with van der Waals surface area (Å²) in [5.41, 5.74) is 2.58. The summed E-state index contributed by atoms with van der Waals surface area (Å²) in [5.74, 6) is -0.540. The summed E-state index contributed by atoms with van der Waals surface area (Å²) in [6.07, 6.45) is 4.87. The van der Waals surface area contributed by atoms with Crippen molar-refractivity contribution < 1.29 is 25.9 Å². The predicted octanol–water partition coefficient (Wildman–Crippen LogP) is 5.52. The highest BCUT2D eigenvalue weighted by atomic mass is 32.2. The third-order valence-corrected chi connectivity index (χ3v) is 9.74. The summed E-state index contributed by atoms with van der Waals surface area (Å²) in [7, 11) is -7.98. The van der Waals surface area contributed by atoms with Crippen molar-refractivity contribution in [3.05, 3.63) is 81.1 Å². The van der Waals surface area contributed by atoms with Gasteiger partial charge in [0.25, 0.3) is 20.2 Å². The minimum absolute atomic E-state index is 0.126. The second-order valence-corrected chi connectivity index (χ2v) is 14.4. The van der Waals surface area contributed by atoms with Crippen LogP contribution in [0.1, 0.15) is 51.4 Å². The van der Waals surface area contributed by atoms with E-state index >= 15 is 0 Å². The summed E-state index contributed by atoms with van der Waals surface area (Å²) in [4.78, 5) is 27.6. The molecule has 0 unspecified atom stereocenters. The highest BCUT2D eigenvalue weighted by Gasteiger charge is 2.17. The molecule has 0 amide bonds. The third kappa shape index (κ3) is 7.20. The Balaban J connectivity index is 1.57. The second-order valence-electron chi connectivity index (χ2n) is 11.3. The van der Waals surface area contributed by atoms with E-state index in [2.05, 4.69) is 9.13 Å². The normalized spacial score (nSPS) is 12.6. The van der Waals surface area contributed by atoms with Gasteiger partial charge in [-0.1, -0.05) is 49.9 Å². The molecule has 2 aromatic heterocycles. The first-order valence-electron chi connectivity index (χ1n) is 14.9. The lowest BCUT2D eigenvalue weighted by molar-refractivity contribution is 0.476. The van der Waals surface area contributed by atoms with Crippen molar-refractivity contribution in [3.8, 4) is 0 Å². The number of fused-ring (bicyclic) bond motifs is 4. The lowest BCUT2D eigenvalue weighted by Crippen LogP contribution is -2.16. The molecule has 0 radical (unpaired) electrons. The van der Waals surface area contributed by atoms with Gasteiger partial charge in [-0.05, 0) is 62.1 Å². The van der Waals surface area contributed by atoms with Gasteiger partial charge < -0.3 is 9.13 Å². The van der Waals surface area contributed by atoms with Crippen LogP contribution in [0.15, 0.2) is 70.3 Å². The van der Waals surface area contributed by atoms with Crippen LogP contribution in [-0.2, 0) is 33.3 Å². The molecule has 0 spiro atoms. The van der Waals surface area contributed by atoms with E-state index in [0.717, 1.165) is 23.9 Å². The highest BCUT2D eigenvalue weighted by Crippen LogP contribution is 2.27. The molecule has 5 rings (SSSR count). The van der Waals surface area contributed by atoms with E-state index in [1.807, 2.05) is 48.5 Å². The van der Waals surface area contributed by atoms with E-state index in [0.29, 0.717) is 84.2 Å². The van der Waals surface area contributed by atoms with E-state index in [1.165, 1.54) is 0 Å². The lowest BCUT2D eigenvalue weighted by Gasteiger charge is -2.19. The molecule has 0 aliphatic rings. The average molecular weight is 641 g/mol. The Morgan fingerprint density at radius 3 is 1.23 bits per heavy atom. The standard InChI is InChI=1S/C32H36N2O8S2/c35-31-23-13-5-7-15-27(23)33(17-9-1-3-11-19-43(37,38)39)29-21-26-30(22-25(29)31)34(18-10-2-4-12-20-44(40,41)42)28-16-8-6-14-24(28)32(26)36/h5-8,13-16,21-22H,1-4,9-12,17-20H2,(H,37,38,39)(H,40,41,42). The molecule has 0 aliphatic heterocycles. The smallest absolute Gasteiger partial charge is 0.264 e. The van der Waals surface area contributed by atoms with Crippen LogP contribution in [-0.4, -0.2) is 46.6 Å². The molecule has 0 fully saturated rings. The molecule has 0 aliphatic carbocycles. The largest absolute Gasteiger partial charge is 0.340 e. The summed E-state index contributed by atoms with van der Waals surface area (Å²) in [6.45, 7) is 1.11. The van der Waals surface area contributed by atoms with Crippen molar-refractivity contribution in [2.75, 3.05) is 11.5 Å². The van der Waals surface area contributed by atoms with E-state index in [4.69, 9.17) is 9.11 Å². The van der Waals surface area contributed by atoms with Crippen LogP contribution in [0.3, 0.4) is 0 Å². The molecule has 44 heavy (non-hydrogen) atoms. The van der Waals surface area contributed by atoms with E-state index in [9.17, 15) is 26.4 Å². The van der Waals surface area contributed by atoms with Crippen molar-refractivity contribution in [1.29, 1.82) is 0 Å². The fourth-order valence-corrected chi connectivity index (χ4v) is 7.17. The van der Waals surface area contributed by atoms with E-state index in [-0.39, 0.29) is 22.4 Å². The number of aryl methyl sites for hydroxylation is 2. The summed E-state index contributed by atoms with van der Waals surface area (Å²) < 4.78 is 66.3. The van der Waals surface area contributed by atoms with Gasteiger partial charge in [-0.15, -0.1) is 0 Å². The van der Waals surface area contributed by atoms with Crippen LogP contribution in [0.5, 0.6) is 0 Å². The zero-order valence-corrected chi connectivity index (χ0v) is 25.9. The number of benzene rings is 3. The third-order valence-electron chi connectivity index (χ3n) is 8.13. The van der Waals surface area contributed by atoms with Crippen molar-refractivity contribution >= 4 is 63.8 Å². The van der Waals surface area contributed by atoms with Gasteiger partial charge in [0.2, 0.25) is 0 Å². The zero-order valence-electron chi connectivity index (χ0n) is 24.3. The van der Waals surface area contributed by atoms with Crippen LogP contribution in [0.4, 0.5) is 0 Å². The Labute approximate surface area is 255 Å². The van der Waals surface area contributed by atoms with Crippen LogP contribution < -0.4 is 10.9 Å². The molecule has 10 nitrogen and oxygen atoms in total. The number of hydrogen-bond acceptors (Lipinski definition) is 6. The lowest BCUT2D eigenvalue weighted by atomic mass is 10.0. The number of unbranched alkanes of at least 4 members (excludes halogenated alkanes) is 6. The molecule has 5 aromatic rings. The minimum Gasteiger partial charge on any atom is -0.340 e. The SMILES string of the molecule is O=c1c2ccccc2n(CCCCCCS(=O)(=O)O)c2cc3c(=O)c4ccccc4n(CCCCCCS(=O)(=O)O)c3cc12. The van der Waals surface area contributed by atoms with E-state index < -0.39 is 20.2 Å². The summed E-state index contributed by atoms with van der Waals surface area (Å²) in [5, 5.41) is 2.14. The maximum absolute atomic E-state index is 13.8. The van der Waals surface area contributed by atoms with Crippen LogP contribution in [0, 0.1) is 0 Å². The van der Waals surface area contributed by atoms with Crippen LogP contribution in [0.25, 0.3) is 43.6 Å². The molecular formula is C32H36N2O8S2. The quantitative estimate of drug-likeness (QED) is 0.0914. The molecule has 2 N–H and O–H groups in total. The first-order chi connectivity index (χ1) is 20.9. The topological polar surface area (TPSA) is 153 Å². The Hall–Kier alpha value is -3.58. The van der Waals surface area contributed by atoms with Gasteiger partial charge >= 0.3 is 0 Å². The van der Waals surface area contributed by atoms with Crippen LogP contribution in [0.2, 0.25) is 0 Å². The van der Waals surface area contributed by atoms with Crippen molar-refractivity contribution in [2.45, 2.75) is 64.5 Å².